The molecule has 1 N–H and O–H groups in total. The molecule has 0 fully saturated rings. The molecule has 0 aromatic heterocycles. The summed E-state index contributed by atoms with van der Waals surface area (Å²) in [6, 6.07) is 5.51. The van der Waals surface area contributed by atoms with Crippen molar-refractivity contribution in [2.24, 2.45) is 0 Å². The van der Waals surface area contributed by atoms with Crippen molar-refractivity contribution >= 4 is 29.3 Å². The predicted molar refractivity (Wildman–Crippen MR) is 64.0 cm³/mol. The standard InChI is InChI=1S/C11H13Cl2N/c1-8(7-14-2)5-9-3-4-10(12)6-11(9)13/h3-6,14H,7H2,1-2H3/b8-5+. The zero-order valence-electron chi connectivity index (χ0n) is 8.27. The Kier molecular flexibility index (Phi) is 4.46. The summed E-state index contributed by atoms with van der Waals surface area (Å²) in [6.07, 6.45) is 2.05. The number of likely N-dealkylation sites (N-methyl/N-ethyl adjacent to an activating group) is 1. The molecule has 76 valence electrons. The smallest absolute Gasteiger partial charge is 0.0493 e. The molecule has 1 nitrogen and oxygen atoms in total. The molecule has 0 radical (unpaired) electrons. The lowest BCUT2D eigenvalue weighted by molar-refractivity contribution is 0.884. The zero-order valence-corrected chi connectivity index (χ0v) is 9.78. The number of hydrogen-bond acceptors (Lipinski definition) is 1. The summed E-state index contributed by atoms with van der Waals surface area (Å²) in [7, 11) is 1.92. The third kappa shape index (κ3) is 3.33. The lowest BCUT2D eigenvalue weighted by atomic mass is 10.1. The van der Waals surface area contributed by atoms with E-state index in [0.29, 0.717) is 10.0 Å². The monoisotopic (exact) mass is 229 g/mol. The number of rotatable bonds is 3. The first-order chi connectivity index (χ1) is 6.63. The topological polar surface area (TPSA) is 12.0 Å². The molecule has 14 heavy (non-hydrogen) atoms. The van der Waals surface area contributed by atoms with E-state index >= 15 is 0 Å². The highest BCUT2D eigenvalue weighted by molar-refractivity contribution is 6.35. The Balaban J connectivity index is 2.91. The first-order valence-corrected chi connectivity index (χ1v) is 5.16. The van der Waals surface area contributed by atoms with Gasteiger partial charge in [-0.15, -0.1) is 0 Å². The molecule has 1 aromatic rings. The Morgan fingerprint density at radius 3 is 2.71 bits per heavy atom. The molecule has 0 aliphatic carbocycles. The van der Waals surface area contributed by atoms with Crippen LogP contribution in [-0.2, 0) is 0 Å². The fourth-order valence-electron chi connectivity index (χ4n) is 1.21. The van der Waals surface area contributed by atoms with Gasteiger partial charge in [0.15, 0.2) is 0 Å². The molecule has 1 aromatic carbocycles. The third-order valence-corrected chi connectivity index (χ3v) is 2.38. The van der Waals surface area contributed by atoms with Gasteiger partial charge in [0.05, 0.1) is 0 Å². The summed E-state index contributed by atoms with van der Waals surface area (Å²) in [5.41, 5.74) is 2.24. The summed E-state index contributed by atoms with van der Waals surface area (Å²) in [5.74, 6) is 0. The highest BCUT2D eigenvalue weighted by Crippen LogP contribution is 2.22. The Morgan fingerprint density at radius 2 is 2.14 bits per heavy atom. The van der Waals surface area contributed by atoms with Crippen LogP contribution >= 0.6 is 23.2 Å². The van der Waals surface area contributed by atoms with E-state index in [0.717, 1.165) is 12.1 Å². The first kappa shape index (κ1) is 11.6. The van der Waals surface area contributed by atoms with E-state index in [2.05, 4.69) is 18.3 Å². The van der Waals surface area contributed by atoms with Gasteiger partial charge in [-0.1, -0.05) is 40.9 Å². The predicted octanol–water partition coefficient (Wildman–Crippen LogP) is 3.62. The van der Waals surface area contributed by atoms with Gasteiger partial charge in [-0.05, 0) is 31.7 Å². The summed E-state index contributed by atoms with van der Waals surface area (Å²) in [4.78, 5) is 0. The lowest BCUT2D eigenvalue weighted by Gasteiger charge is -2.02. The van der Waals surface area contributed by atoms with E-state index in [9.17, 15) is 0 Å². The van der Waals surface area contributed by atoms with E-state index in [1.54, 1.807) is 6.07 Å². The molecule has 0 bridgehead atoms. The molecular weight excluding hydrogens is 217 g/mol. The van der Waals surface area contributed by atoms with Crippen molar-refractivity contribution in [3.63, 3.8) is 0 Å². The van der Waals surface area contributed by atoms with Crippen molar-refractivity contribution in [1.82, 2.24) is 5.32 Å². The Morgan fingerprint density at radius 1 is 1.43 bits per heavy atom. The van der Waals surface area contributed by atoms with Gasteiger partial charge in [0.1, 0.15) is 0 Å². The maximum atomic E-state index is 6.02. The third-order valence-electron chi connectivity index (χ3n) is 1.82. The fraction of sp³-hybridized carbons (Fsp3) is 0.273. The number of hydrogen-bond donors (Lipinski definition) is 1. The largest absolute Gasteiger partial charge is 0.316 e. The highest BCUT2D eigenvalue weighted by atomic mass is 35.5. The lowest BCUT2D eigenvalue weighted by Crippen LogP contribution is -2.08. The van der Waals surface area contributed by atoms with Gasteiger partial charge >= 0.3 is 0 Å². The van der Waals surface area contributed by atoms with Crippen LogP contribution in [-0.4, -0.2) is 13.6 Å². The summed E-state index contributed by atoms with van der Waals surface area (Å²) in [5, 5.41) is 4.43. The van der Waals surface area contributed by atoms with Crippen molar-refractivity contribution in [3.05, 3.63) is 39.4 Å². The first-order valence-electron chi connectivity index (χ1n) is 4.40. The number of halogens is 2. The zero-order chi connectivity index (χ0) is 10.6. The van der Waals surface area contributed by atoms with Crippen LogP contribution in [0.4, 0.5) is 0 Å². The van der Waals surface area contributed by atoms with Crippen molar-refractivity contribution in [1.29, 1.82) is 0 Å². The van der Waals surface area contributed by atoms with E-state index in [1.165, 1.54) is 5.57 Å². The second-order valence-electron chi connectivity index (χ2n) is 3.19. The van der Waals surface area contributed by atoms with Crippen molar-refractivity contribution < 1.29 is 0 Å². The Hall–Kier alpha value is -0.500. The molecule has 0 saturated heterocycles. The van der Waals surface area contributed by atoms with Gasteiger partial charge in [-0.2, -0.15) is 0 Å². The summed E-state index contributed by atoms with van der Waals surface area (Å²) in [6.45, 7) is 2.92. The van der Waals surface area contributed by atoms with Crippen LogP contribution < -0.4 is 5.32 Å². The van der Waals surface area contributed by atoms with E-state index in [-0.39, 0.29) is 0 Å². The quantitative estimate of drug-likeness (QED) is 0.836. The molecule has 0 spiro atoms. The number of benzene rings is 1. The average Bonchev–Trinajstić information content (AvgIpc) is 2.10. The van der Waals surface area contributed by atoms with Gasteiger partial charge < -0.3 is 5.32 Å². The minimum Gasteiger partial charge on any atom is -0.316 e. The number of nitrogens with one attached hydrogen (secondary N) is 1. The highest BCUT2D eigenvalue weighted by Gasteiger charge is 1.98. The normalized spacial score (nSPS) is 11.9. The molecule has 0 amide bonds. The van der Waals surface area contributed by atoms with Crippen LogP contribution in [0.3, 0.4) is 0 Å². The van der Waals surface area contributed by atoms with Gasteiger partial charge in [0.25, 0.3) is 0 Å². The summed E-state index contributed by atoms with van der Waals surface area (Å²) >= 11 is 11.8. The van der Waals surface area contributed by atoms with Gasteiger partial charge in [-0.25, -0.2) is 0 Å². The SMILES string of the molecule is CNC/C(C)=C/c1ccc(Cl)cc1Cl. The second-order valence-corrected chi connectivity index (χ2v) is 4.03. The molecule has 0 heterocycles. The maximum Gasteiger partial charge on any atom is 0.0493 e. The van der Waals surface area contributed by atoms with Gasteiger partial charge in [-0.3, -0.25) is 0 Å². The van der Waals surface area contributed by atoms with Crippen LogP contribution in [0.25, 0.3) is 6.08 Å². The van der Waals surface area contributed by atoms with Crippen molar-refractivity contribution in [3.8, 4) is 0 Å². The molecule has 0 unspecified atom stereocenters. The van der Waals surface area contributed by atoms with Crippen LogP contribution in [0.15, 0.2) is 23.8 Å². The minimum atomic E-state index is 0.665. The second kappa shape index (κ2) is 5.40. The van der Waals surface area contributed by atoms with Gasteiger partial charge in [0.2, 0.25) is 0 Å². The van der Waals surface area contributed by atoms with Crippen LogP contribution in [0.2, 0.25) is 10.0 Å². The van der Waals surface area contributed by atoms with E-state index in [4.69, 9.17) is 23.2 Å². The molecule has 0 atom stereocenters. The van der Waals surface area contributed by atoms with Gasteiger partial charge in [0, 0.05) is 16.6 Å². The maximum absolute atomic E-state index is 6.02. The Labute approximate surface area is 94.7 Å². The van der Waals surface area contributed by atoms with Crippen molar-refractivity contribution in [2.45, 2.75) is 6.92 Å². The fourth-order valence-corrected chi connectivity index (χ4v) is 1.68. The molecule has 3 heteroatoms. The minimum absolute atomic E-state index is 0.665. The van der Waals surface area contributed by atoms with E-state index < -0.39 is 0 Å². The van der Waals surface area contributed by atoms with Crippen LogP contribution in [0.1, 0.15) is 12.5 Å². The Bertz CT molecular complexity index is 345. The summed E-state index contributed by atoms with van der Waals surface area (Å²) < 4.78 is 0. The molecule has 0 saturated carbocycles. The molecule has 0 aliphatic heterocycles. The average molecular weight is 230 g/mol. The van der Waals surface area contributed by atoms with Crippen molar-refractivity contribution in [2.75, 3.05) is 13.6 Å². The molecule has 0 aliphatic rings. The van der Waals surface area contributed by atoms with E-state index in [1.807, 2.05) is 19.2 Å². The molecule has 1 rings (SSSR count). The van der Waals surface area contributed by atoms with Crippen LogP contribution in [0, 0.1) is 0 Å². The van der Waals surface area contributed by atoms with Crippen LogP contribution in [0.5, 0.6) is 0 Å². The molecular formula is C11H13Cl2N.